The van der Waals surface area contributed by atoms with E-state index in [0.717, 1.165) is 5.57 Å². The quantitative estimate of drug-likeness (QED) is 0.429. The number of nitrogens with zero attached hydrogens (tertiary/aromatic N) is 2. The molecule has 0 N–H and O–H groups in total. The van der Waals surface area contributed by atoms with E-state index in [9.17, 15) is 4.39 Å². The van der Waals surface area contributed by atoms with E-state index in [0.29, 0.717) is 5.69 Å². The number of rotatable bonds is 5. The zero-order chi connectivity index (χ0) is 12.7. The fourth-order valence-corrected chi connectivity index (χ4v) is 1.23. The minimum Gasteiger partial charge on any atom is -0.266 e. The first kappa shape index (κ1) is 12.9. The lowest BCUT2D eigenvalue weighted by molar-refractivity contribution is 0.624. The van der Waals surface area contributed by atoms with E-state index in [2.05, 4.69) is 18.3 Å². The van der Waals surface area contributed by atoms with Gasteiger partial charge in [-0.15, -0.1) is 0 Å². The van der Waals surface area contributed by atoms with Gasteiger partial charge in [-0.2, -0.15) is 5.10 Å². The van der Waals surface area contributed by atoms with Crippen LogP contribution in [-0.2, 0) is 0 Å². The highest BCUT2D eigenvalue weighted by atomic mass is 19.1. The Morgan fingerprint density at radius 3 is 2.65 bits per heavy atom. The molecule has 0 saturated heterocycles. The number of halogens is 1. The topological polar surface area (TPSA) is 15.6 Å². The molecule has 0 heterocycles. The highest BCUT2D eigenvalue weighted by Crippen LogP contribution is 2.16. The van der Waals surface area contributed by atoms with E-state index in [4.69, 9.17) is 0 Å². The summed E-state index contributed by atoms with van der Waals surface area (Å²) in [6.07, 6.45) is 6.67. The molecule has 0 spiro atoms. The van der Waals surface area contributed by atoms with Crippen molar-refractivity contribution in [3.05, 3.63) is 67.0 Å². The molecule has 1 aromatic rings. The second-order valence-corrected chi connectivity index (χ2v) is 3.33. The standard InChI is InChI=1S/C14H15FN2/c1-4-8-12(5-2)11-16-17(3)14-10-7-6-9-13(14)15/h4-11H,1-2H2,3H3/b12-8+,16-11?. The van der Waals surface area contributed by atoms with Crippen LogP contribution in [0.5, 0.6) is 0 Å². The average Bonchev–Trinajstić information content (AvgIpc) is 2.34. The molecule has 3 heteroatoms. The Bertz CT molecular complexity index is 461. The van der Waals surface area contributed by atoms with E-state index in [1.54, 1.807) is 49.7 Å². The summed E-state index contributed by atoms with van der Waals surface area (Å²) < 4.78 is 13.4. The van der Waals surface area contributed by atoms with Crippen molar-refractivity contribution in [2.45, 2.75) is 0 Å². The van der Waals surface area contributed by atoms with Crippen LogP contribution in [0.3, 0.4) is 0 Å². The molecule has 0 aliphatic carbocycles. The molecule has 0 unspecified atom stereocenters. The molecular formula is C14H15FN2. The maximum atomic E-state index is 13.4. The van der Waals surface area contributed by atoms with Crippen LogP contribution in [0.25, 0.3) is 0 Å². The predicted molar refractivity (Wildman–Crippen MR) is 71.8 cm³/mol. The molecule has 0 radical (unpaired) electrons. The summed E-state index contributed by atoms with van der Waals surface area (Å²) >= 11 is 0. The second-order valence-electron chi connectivity index (χ2n) is 3.33. The van der Waals surface area contributed by atoms with Crippen LogP contribution in [0.1, 0.15) is 0 Å². The van der Waals surface area contributed by atoms with Crippen LogP contribution in [0.2, 0.25) is 0 Å². The van der Waals surface area contributed by atoms with Gasteiger partial charge in [0.1, 0.15) is 5.82 Å². The molecule has 1 aromatic carbocycles. The Morgan fingerprint density at radius 2 is 2.06 bits per heavy atom. The van der Waals surface area contributed by atoms with Gasteiger partial charge in [-0.1, -0.05) is 43.5 Å². The first-order valence-electron chi connectivity index (χ1n) is 5.16. The SMILES string of the molecule is C=C/C=C(\C=C)C=NN(C)c1ccccc1F. The highest BCUT2D eigenvalue weighted by molar-refractivity contribution is 5.83. The maximum Gasteiger partial charge on any atom is 0.148 e. The second kappa shape index (κ2) is 6.43. The Hall–Kier alpha value is -2.16. The van der Waals surface area contributed by atoms with Gasteiger partial charge in [0.2, 0.25) is 0 Å². The van der Waals surface area contributed by atoms with Gasteiger partial charge in [-0.3, -0.25) is 5.01 Å². The third-order valence-electron chi connectivity index (χ3n) is 2.13. The lowest BCUT2D eigenvalue weighted by atomic mass is 10.2. The van der Waals surface area contributed by atoms with Crippen LogP contribution in [-0.4, -0.2) is 13.3 Å². The third kappa shape index (κ3) is 3.72. The summed E-state index contributed by atoms with van der Waals surface area (Å²) in [6.45, 7) is 7.24. The number of hydrazone groups is 1. The van der Waals surface area contributed by atoms with Crippen LogP contribution in [0.15, 0.2) is 66.3 Å². The Kier molecular flexibility index (Phi) is 4.88. The lowest BCUT2D eigenvalue weighted by Crippen LogP contribution is -2.10. The number of para-hydroxylation sites is 1. The van der Waals surface area contributed by atoms with Gasteiger partial charge >= 0.3 is 0 Å². The van der Waals surface area contributed by atoms with Crippen molar-refractivity contribution < 1.29 is 4.39 Å². The van der Waals surface area contributed by atoms with Crippen molar-refractivity contribution in [3.63, 3.8) is 0 Å². The molecule has 0 aromatic heterocycles. The van der Waals surface area contributed by atoms with Crippen LogP contribution in [0, 0.1) is 5.82 Å². The molecular weight excluding hydrogens is 215 g/mol. The van der Waals surface area contributed by atoms with E-state index < -0.39 is 0 Å². The number of hydrogen-bond acceptors (Lipinski definition) is 2. The molecule has 17 heavy (non-hydrogen) atoms. The summed E-state index contributed by atoms with van der Waals surface area (Å²) in [4.78, 5) is 0. The largest absolute Gasteiger partial charge is 0.266 e. The zero-order valence-electron chi connectivity index (χ0n) is 9.81. The zero-order valence-corrected chi connectivity index (χ0v) is 9.81. The summed E-state index contributed by atoms with van der Waals surface area (Å²) in [5.74, 6) is -0.306. The predicted octanol–water partition coefficient (Wildman–Crippen LogP) is 3.55. The molecule has 0 bridgehead atoms. The van der Waals surface area contributed by atoms with Crippen molar-refractivity contribution in [1.29, 1.82) is 0 Å². The van der Waals surface area contributed by atoms with E-state index in [1.807, 2.05) is 0 Å². The van der Waals surface area contributed by atoms with Crippen molar-refractivity contribution in [2.24, 2.45) is 5.10 Å². The van der Waals surface area contributed by atoms with Crippen molar-refractivity contribution in [1.82, 2.24) is 0 Å². The maximum absolute atomic E-state index is 13.4. The molecule has 0 aliphatic rings. The minimum atomic E-state index is -0.306. The van der Waals surface area contributed by atoms with Crippen LogP contribution in [0.4, 0.5) is 10.1 Å². The number of hydrogen-bond donors (Lipinski definition) is 0. The van der Waals surface area contributed by atoms with Gasteiger partial charge in [0.05, 0.1) is 11.9 Å². The highest BCUT2D eigenvalue weighted by Gasteiger charge is 2.03. The Labute approximate surface area is 101 Å². The summed E-state index contributed by atoms with van der Waals surface area (Å²) in [7, 11) is 1.68. The first-order chi connectivity index (χ1) is 8.19. The number of allylic oxidation sites excluding steroid dienone is 4. The summed E-state index contributed by atoms with van der Waals surface area (Å²) in [6, 6.07) is 6.47. The van der Waals surface area contributed by atoms with Gasteiger partial charge in [-0.05, 0) is 17.7 Å². The fraction of sp³-hybridized carbons (Fsp3) is 0.0714. The minimum absolute atomic E-state index is 0.306. The van der Waals surface area contributed by atoms with Gasteiger partial charge in [-0.25, -0.2) is 4.39 Å². The molecule has 2 nitrogen and oxygen atoms in total. The Morgan fingerprint density at radius 1 is 1.35 bits per heavy atom. The van der Waals surface area contributed by atoms with Crippen molar-refractivity contribution >= 4 is 11.9 Å². The van der Waals surface area contributed by atoms with Crippen LogP contribution < -0.4 is 5.01 Å². The number of benzene rings is 1. The van der Waals surface area contributed by atoms with Gasteiger partial charge in [0, 0.05) is 7.05 Å². The van der Waals surface area contributed by atoms with Gasteiger partial charge in [0.25, 0.3) is 0 Å². The van der Waals surface area contributed by atoms with Gasteiger partial charge in [0.15, 0.2) is 0 Å². The van der Waals surface area contributed by atoms with Crippen molar-refractivity contribution in [3.8, 4) is 0 Å². The molecule has 0 atom stereocenters. The number of anilines is 1. The third-order valence-corrected chi connectivity index (χ3v) is 2.13. The average molecular weight is 230 g/mol. The van der Waals surface area contributed by atoms with Crippen molar-refractivity contribution in [2.75, 3.05) is 12.1 Å². The molecule has 0 amide bonds. The van der Waals surface area contributed by atoms with E-state index in [-0.39, 0.29) is 5.82 Å². The van der Waals surface area contributed by atoms with E-state index in [1.165, 1.54) is 11.1 Å². The molecule has 0 saturated carbocycles. The monoisotopic (exact) mass is 230 g/mol. The molecule has 0 aliphatic heterocycles. The molecule has 0 fully saturated rings. The molecule has 1 rings (SSSR count). The molecule has 88 valence electrons. The lowest BCUT2D eigenvalue weighted by Gasteiger charge is -2.13. The smallest absolute Gasteiger partial charge is 0.148 e. The van der Waals surface area contributed by atoms with Gasteiger partial charge < -0.3 is 0 Å². The van der Waals surface area contributed by atoms with Crippen LogP contribution >= 0.6 is 0 Å². The fourth-order valence-electron chi connectivity index (χ4n) is 1.23. The van der Waals surface area contributed by atoms with E-state index >= 15 is 0 Å². The summed E-state index contributed by atoms with van der Waals surface area (Å²) in [5.41, 5.74) is 1.23. The first-order valence-corrected chi connectivity index (χ1v) is 5.16. The Balaban J connectivity index is 2.86. The summed E-state index contributed by atoms with van der Waals surface area (Å²) in [5, 5.41) is 5.59. The normalized spacial score (nSPS) is 11.5.